The van der Waals surface area contributed by atoms with Gasteiger partial charge in [0.2, 0.25) is 0 Å². The van der Waals surface area contributed by atoms with E-state index in [0.717, 1.165) is 12.8 Å². The quantitative estimate of drug-likeness (QED) is 0.455. The minimum Gasteiger partial charge on any atom is -0.511 e. The van der Waals surface area contributed by atoms with E-state index in [9.17, 15) is 14.7 Å². The molecule has 90 valence electrons. The maximum absolute atomic E-state index is 11.8. The first-order chi connectivity index (χ1) is 7.37. The van der Waals surface area contributed by atoms with Crippen LogP contribution in [0.4, 0.5) is 0 Å². The van der Waals surface area contributed by atoms with Crippen LogP contribution in [0.1, 0.15) is 52.9 Å². The molecule has 16 heavy (non-hydrogen) atoms. The van der Waals surface area contributed by atoms with Gasteiger partial charge in [0, 0.05) is 19.3 Å². The number of hydrogen-bond acceptors (Lipinski definition) is 3. The highest BCUT2D eigenvalue weighted by atomic mass is 16.3. The molecular formula is C13H20O3. The van der Waals surface area contributed by atoms with E-state index in [-0.39, 0.29) is 28.3 Å². The predicted octanol–water partition coefficient (Wildman–Crippen LogP) is 2.95. The molecule has 0 aromatic heterocycles. The van der Waals surface area contributed by atoms with Crippen LogP contribution in [0, 0.1) is 5.41 Å². The van der Waals surface area contributed by atoms with Crippen LogP contribution < -0.4 is 0 Å². The second-order valence-corrected chi connectivity index (χ2v) is 5.29. The molecule has 1 rings (SSSR count). The lowest BCUT2D eigenvalue weighted by Gasteiger charge is -2.28. The second kappa shape index (κ2) is 4.81. The zero-order valence-electron chi connectivity index (χ0n) is 10.3. The molecule has 3 nitrogen and oxygen atoms in total. The zero-order valence-corrected chi connectivity index (χ0v) is 10.3. The summed E-state index contributed by atoms with van der Waals surface area (Å²) >= 11 is 0. The Kier molecular flexibility index (Phi) is 3.89. The molecule has 1 aliphatic rings. The summed E-state index contributed by atoms with van der Waals surface area (Å²) in [6, 6.07) is 0. The van der Waals surface area contributed by atoms with Gasteiger partial charge in [-0.25, -0.2) is 0 Å². The van der Waals surface area contributed by atoms with Crippen LogP contribution in [-0.2, 0) is 9.59 Å². The summed E-state index contributed by atoms with van der Waals surface area (Å²) in [5.41, 5.74) is -0.198. The van der Waals surface area contributed by atoms with Crippen molar-refractivity contribution in [1.82, 2.24) is 0 Å². The predicted molar refractivity (Wildman–Crippen MR) is 62.2 cm³/mol. The van der Waals surface area contributed by atoms with Crippen molar-refractivity contribution in [3.8, 4) is 0 Å². The Morgan fingerprint density at radius 1 is 1.25 bits per heavy atom. The van der Waals surface area contributed by atoms with Gasteiger partial charge in [-0.05, 0) is 11.8 Å². The molecule has 0 unspecified atom stereocenters. The fourth-order valence-corrected chi connectivity index (χ4v) is 2.06. The van der Waals surface area contributed by atoms with E-state index in [0.29, 0.717) is 19.3 Å². The summed E-state index contributed by atoms with van der Waals surface area (Å²) < 4.78 is 0. The second-order valence-electron chi connectivity index (χ2n) is 5.29. The molecule has 0 aliphatic heterocycles. The minimum absolute atomic E-state index is 0.00708. The van der Waals surface area contributed by atoms with Gasteiger partial charge < -0.3 is 5.11 Å². The van der Waals surface area contributed by atoms with E-state index in [1.807, 2.05) is 20.8 Å². The summed E-state index contributed by atoms with van der Waals surface area (Å²) in [6.45, 7) is 5.82. The van der Waals surface area contributed by atoms with Gasteiger partial charge in [-0.2, -0.15) is 0 Å². The first-order valence-corrected chi connectivity index (χ1v) is 5.86. The molecular weight excluding hydrogens is 204 g/mol. The van der Waals surface area contributed by atoms with Crippen molar-refractivity contribution in [2.75, 3.05) is 0 Å². The van der Waals surface area contributed by atoms with Crippen molar-refractivity contribution in [3.63, 3.8) is 0 Å². The highest BCUT2D eigenvalue weighted by Gasteiger charge is 2.37. The number of aliphatic hydroxyl groups excluding tert-OH is 1. The number of carbonyl (C=O) groups excluding carboxylic acids is 2. The van der Waals surface area contributed by atoms with Gasteiger partial charge in [0.15, 0.2) is 11.6 Å². The van der Waals surface area contributed by atoms with Crippen molar-refractivity contribution in [2.45, 2.75) is 52.9 Å². The summed E-state index contributed by atoms with van der Waals surface area (Å²) in [5, 5.41) is 9.75. The number of carbonyl (C=O) groups is 2. The molecule has 0 saturated heterocycles. The Morgan fingerprint density at radius 3 is 2.19 bits per heavy atom. The SMILES string of the molecule is CCCCC(O)=C1C(=O)CC(C)(C)CC1=O. The maximum atomic E-state index is 11.8. The lowest BCUT2D eigenvalue weighted by atomic mass is 9.73. The van der Waals surface area contributed by atoms with E-state index in [2.05, 4.69) is 0 Å². The van der Waals surface area contributed by atoms with Gasteiger partial charge in [0.1, 0.15) is 5.76 Å². The molecule has 1 aliphatic carbocycles. The Labute approximate surface area is 96.5 Å². The Bertz CT molecular complexity index is 315. The Hall–Kier alpha value is -1.12. The third-order valence-corrected chi connectivity index (χ3v) is 2.89. The van der Waals surface area contributed by atoms with Gasteiger partial charge in [0.25, 0.3) is 0 Å². The molecule has 3 heteroatoms. The number of hydrogen-bond donors (Lipinski definition) is 1. The molecule has 0 amide bonds. The van der Waals surface area contributed by atoms with Crippen LogP contribution in [0.3, 0.4) is 0 Å². The van der Waals surface area contributed by atoms with Crippen LogP contribution in [0.25, 0.3) is 0 Å². The fraction of sp³-hybridized carbons (Fsp3) is 0.692. The third kappa shape index (κ3) is 2.94. The number of allylic oxidation sites excluding steroid dienone is 2. The van der Waals surface area contributed by atoms with Crippen molar-refractivity contribution in [1.29, 1.82) is 0 Å². The van der Waals surface area contributed by atoms with Crippen LogP contribution in [0.5, 0.6) is 0 Å². The first-order valence-electron chi connectivity index (χ1n) is 5.86. The molecule has 0 aromatic rings. The summed E-state index contributed by atoms with van der Waals surface area (Å²) in [5.74, 6) is -0.406. The Morgan fingerprint density at radius 2 is 1.75 bits per heavy atom. The average Bonchev–Trinajstić information content (AvgIpc) is 2.11. The van der Waals surface area contributed by atoms with E-state index in [4.69, 9.17) is 0 Å². The van der Waals surface area contributed by atoms with E-state index in [1.165, 1.54) is 0 Å². The number of aliphatic hydroxyl groups is 1. The number of rotatable bonds is 3. The van der Waals surface area contributed by atoms with Crippen LogP contribution >= 0.6 is 0 Å². The molecule has 0 aromatic carbocycles. The molecule has 1 saturated carbocycles. The highest BCUT2D eigenvalue weighted by Crippen LogP contribution is 2.34. The fourth-order valence-electron chi connectivity index (χ4n) is 2.06. The standard InChI is InChI=1S/C13H20O3/c1-4-5-6-9(14)12-10(15)7-13(2,3)8-11(12)16/h14H,4-8H2,1-3H3. The average molecular weight is 224 g/mol. The van der Waals surface area contributed by atoms with E-state index in [1.54, 1.807) is 0 Å². The van der Waals surface area contributed by atoms with Crippen molar-refractivity contribution < 1.29 is 14.7 Å². The number of ketones is 2. The van der Waals surface area contributed by atoms with Crippen LogP contribution in [0.15, 0.2) is 11.3 Å². The number of Topliss-reactive ketones (excluding diaryl/α,β-unsaturated/α-hetero) is 2. The smallest absolute Gasteiger partial charge is 0.170 e. The van der Waals surface area contributed by atoms with Gasteiger partial charge in [-0.15, -0.1) is 0 Å². The Balaban J connectivity index is 2.89. The van der Waals surface area contributed by atoms with Crippen LogP contribution in [-0.4, -0.2) is 16.7 Å². The molecule has 0 bridgehead atoms. The maximum Gasteiger partial charge on any atom is 0.170 e. The summed E-state index contributed by atoms with van der Waals surface area (Å²) in [6.07, 6.45) is 2.88. The van der Waals surface area contributed by atoms with Gasteiger partial charge >= 0.3 is 0 Å². The lowest BCUT2D eigenvalue weighted by molar-refractivity contribution is -0.127. The van der Waals surface area contributed by atoms with Crippen molar-refractivity contribution in [2.24, 2.45) is 5.41 Å². The molecule has 0 atom stereocenters. The monoisotopic (exact) mass is 224 g/mol. The largest absolute Gasteiger partial charge is 0.511 e. The van der Waals surface area contributed by atoms with E-state index < -0.39 is 0 Å². The molecule has 0 spiro atoms. The topological polar surface area (TPSA) is 54.4 Å². The van der Waals surface area contributed by atoms with Gasteiger partial charge in [-0.1, -0.05) is 27.2 Å². The number of unbranched alkanes of at least 4 members (excludes halogenated alkanes) is 1. The minimum atomic E-state index is -0.261. The van der Waals surface area contributed by atoms with Crippen LogP contribution in [0.2, 0.25) is 0 Å². The van der Waals surface area contributed by atoms with E-state index >= 15 is 0 Å². The molecule has 1 fully saturated rings. The van der Waals surface area contributed by atoms with Gasteiger partial charge in [0.05, 0.1) is 5.57 Å². The third-order valence-electron chi connectivity index (χ3n) is 2.89. The molecule has 0 radical (unpaired) electrons. The zero-order chi connectivity index (χ0) is 12.3. The normalized spacial score (nSPS) is 20.1. The van der Waals surface area contributed by atoms with Crippen molar-refractivity contribution >= 4 is 11.6 Å². The highest BCUT2D eigenvalue weighted by molar-refractivity contribution is 6.22. The van der Waals surface area contributed by atoms with Gasteiger partial charge in [-0.3, -0.25) is 9.59 Å². The first kappa shape index (κ1) is 12.9. The van der Waals surface area contributed by atoms with Crippen molar-refractivity contribution in [3.05, 3.63) is 11.3 Å². The summed E-state index contributed by atoms with van der Waals surface area (Å²) in [7, 11) is 0. The molecule has 0 heterocycles. The molecule has 1 N–H and O–H groups in total. The lowest BCUT2D eigenvalue weighted by Crippen LogP contribution is -2.32. The summed E-state index contributed by atoms with van der Waals surface area (Å²) in [4.78, 5) is 23.6.